The molecule has 4 nitrogen and oxygen atoms in total. The first-order valence-electron chi connectivity index (χ1n) is 3.95. The monoisotopic (exact) mass is 243 g/mol. The number of amides is 1. The first-order chi connectivity index (χ1) is 6.22. The van der Waals surface area contributed by atoms with Gasteiger partial charge in [-0.25, -0.2) is 4.98 Å². The second-order valence-electron chi connectivity index (χ2n) is 2.46. The molecular weight excluding hydrogens is 234 g/mol. The number of hydrogen-bond acceptors (Lipinski definition) is 3. The lowest BCUT2D eigenvalue weighted by Gasteiger charge is -2.01. The summed E-state index contributed by atoms with van der Waals surface area (Å²) in [5, 5.41) is 2.71. The minimum absolute atomic E-state index is 0.0183. The van der Waals surface area contributed by atoms with Gasteiger partial charge in [0.25, 0.3) is 0 Å². The number of carbonyl (C=O) groups is 1. The Hall–Kier alpha value is -0.970. The van der Waals surface area contributed by atoms with Crippen LogP contribution in [-0.2, 0) is 11.3 Å². The molecule has 1 amide bonds. The highest BCUT2D eigenvalue weighted by Crippen LogP contribution is 2.02. The lowest BCUT2D eigenvalue weighted by molar-refractivity contribution is -0.120. The van der Waals surface area contributed by atoms with Crippen LogP contribution >= 0.6 is 15.9 Å². The Morgan fingerprint density at radius 1 is 1.54 bits per heavy atom. The van der Waals surface area contributed by atoms with Crippen molar-refractivity contribution in [2.45, 2.75) is 19.9 Å². The molecule has 0 saturated carbocycles. The van der Waals surface area contributed by atoms with Crippen molar-refractivity contribution in [1.82, 2.24) is 15.3 Å². The molecule has 0 aliphatic carbocycles. The van der Waals surface area contributed by atoms with E-state index in [0.29, 0.717) is 17.6 Å². The van der Waals surface area contributed by atoms with Crippen molar-refractivity contribution in [3.05, 3.63) is 22.7 Å². The fourth-order valence-electron chi connectivity index (χ4n) is 0.744. The van der Waals surface area contributed by atoms with E-state index >= 15 is 0 Å². The van der Waals surface area contributed by atoms with Crippen LogP contribution in [-0.4, -0.2) is 15.9 Å². The highest BCUT2D eigenvalue weighted by Gasteiger charge is 1.98. The topological polar surface area (TPSA) is 54.9 Å². The zero-order valence-electron chi connectivity index (χ0n) is 7.25. The molecule has 1 aromatic rings. The Morgan fingerprint density at radius 3 is 2.85 bits per heavy atom. The molecule has 1 rings (SSSR count). The summed E-state index contributed by atoms with van der Waals surface area (Å²) in [6, 6.07) is 0. The summed E-state index contributed by atoms with van der Waals surface area (Å²) in [6.07, 6.45) is 3.72. The Balaban J connectivity index is 2.46. The molecular formula is C8H10BrN3O. The molecule has 0 spiro atoms. The highest BCUT2D eigenvalue weighted by atomic mass is 79.9. The Kier molecular flexibility index (Phi) is 3.82. The molecule has 0 fully saturated rings. The Labute approximate surface area is 84.9 Å². The van der Waals surface area contributed by atoms with Gasteiger partial charge in [0.15, 0.2) is 0 Å². The summed E-state index contributed by atoms with van der Waals surface area (Å²) in [6.45, 7) is 2.25. The molecule has 1 heterocycles. The molecule has 0 aliphatic rings. The molecule has 0 bridgehead atoms. The van der Waals surface area contributed by atoms with Gasteiger partial charge in [-0.2, -0.15) is 0 Å². The minimum atomic E-state index is 0.0183. The van der Waals surface area contributed by atoms with E-state index in [2.05, 4.69) is 31.2 Å². The summed E-state index contributed by atoms with van der Waals surface area (Å²) >= 11 is 3.18. The SMILES string of the molecule is CCC(=O)NCc1cnc(Br)cn1. The quantitative estimate of drug-likeness (QED) is 0.870. The van der Waals surface area contributed by atoms with E-state index in [0.717, 1.165) is 5.69 Å². The molecule has 70 valence electrons. The number of nitrogens with one attached hydrogen (secondary N) is 1. The number of halogens is 1. The van der Waals surface area contributed by atoms with Crippen molar-refractivity contribution in [2.24, 2.45) is 0 Å². The van der Waals surface area contributed by atoms with Crippen LogP contribution in [0.4, 0.5) is 0 Å². The van der Waals surface area contributed by atoms with E-state index in [1.807, 2.05) is 6.92 Å². The third-order valence-corrected chi connectivity index (χ3v) is 1.87. The van der Waals surface area contributed by atoms with Crippen LogP contribution in [0, 0.1) is 0 Å². The van der Waals surface area contributed by atoms with Crippen LogP contribution in [0.1, 0.15) is 19.0 Å². The van der Waals surface area contributed by atoms with Crippen molar-refractivity contribution in [3.8, 4) is 0 Å². The first kappa shape index (κ1) is 10.1. The summed E-state index contributed by atoms with van der Waals surface area (Å²) in [4.78, 5) is 18.9. The van der Waals surface area contributed by atoms with Gasteiger partial charge in [0.2, 0.25) is 5.91 Å². The zero-order valence-corrected chi connectivity index (χ0v) is 8.84. The Morgan fingerprint density at radius 2 is 2.31 bits per heavy atom. The van der Waals surface area contributed by atoms with Gasteiger partial charge < -0.3 is 5.32 Å². The smallest absolute Gasteiger partial charge is 0.220 e. The predicted octanol–water partition coefficient (Wildman–Crippen LogP) is 1.27. The van der Waals surface area contributed by atoms with Gasteiger partial charge in [-0.05, 0) is 15.9 Å². The molecule has 0 radical (unpaired) electrons. The third kappa shape index (κ3) is 3.50. The second kappa shape index (κ2) is 4.91. The maximum atomic E-state index is 10.9. The molecule has 0 atom stereocenters. The minimum Gasteiger partial charge on any atom is -0.350 e. The average Bonchev–Trinajstić information content (AvgIpc) is 2.16. The number of nitrogens with zero attached hydrogens (tertiary/aromatic N) is 2. The van der Waals surface area contributed by atoms with E-state index in [1.165, 1.54) is 0 Å². The van der Waals surface area contributed by atoms with E-state index < -0.39 is 0 Å². The fourth-order valence-corrected chi connectivity index (χ4v) is 0.949. The summed E-state index contributed by atoms with van der Waals surface area (Å²) < 4.78 is 0.693. The van der Waals surface area contributed by atoms with Crippen LogP contribution < -0.4 is 5.32 Å². The van der Waals surface area contributed by atoms with E-state index in [4.69, 9.17) is 0 Å². The third-order valence-electron chi connectivity index (χ3n) is 1.46. The van der Waals surface area contributed by atoms with Gasteiger partial charge in [0, 0.05) is 6.42 Å². The van der Waals surface area contributed by atoms with E-state index in [9.17, 15) is 4.79 Å². The van der Waals surface area contributed by atoms with Crippen molar-refractivity contribution in [1.29, 1.82) is 0 Å². The van der Waals surface area contributed by atoms with E-state index in [-0.39, 0.29) is 5.91 Å². The zero-order chi connectivity index (χ0) is 9.68. The molecule has 0 aliphatic heterocycles. The highest BCUT2D eigenvalue weighted by molar-refractivity contribution is 9.10. The van der Waals surface area contributed by atoms with Crippen LogP contribution in [0.3, 0.4) is 0 Å². The predicted molar refractivity (Wildman–Crippen MR) is 51.9 cm³/mol. The van der Waals surface area contributed by atoms with Crippen molar-refractivity contribution >= 4 is 21.8 Å². The van der Waals surface area contributed by atoms with Crippen molar-refractivity contribution in [2.75, 3.05) is 0 Å². The Bertz CT molecular complexity index is 286. The van der Waals surface area contributed by atoms with E-state index in [1.54, 1.807) is 12.4 Å². The number of rotatable bonds is 3. The lowest BCUT2D eigenvalue weighted by Crippen LogP contribution is -2.22. The molecule has 13 heavy (non-hydrogen) atoms. The summed E-state index contributed by atoms with van der Waals surface area (Å²) in [5.74, 6) is 0.0183. The maximum absolute atomic E-state index is 10.9. The number of carbonyl (C=O) groups excluding carboxylic acids is 1. The summed E-state index contributed by atoms with van der Waals surface area (Å²) in [5.41, 5.74) is 0.755. The van der Waals surface area contributed by atoms with Crippen LogP contribution in [0.15, 0.2) is 17.0 Å². The second-order valence-corrected chi connectivity index (χ2v) is 3.27. The first-order valence-corrected chi connectivity index (χ1v) is 4.74. The molecule has 0 saturated heterocycles. The van der Waals surface area contributed by atoms with Gasteiger partial charge in [-0.15, -0.1) is 0 Å². The van der Waals surface area contributed by atoms with Crippen LogP contribution in [0.2, 0.25) is 0 Å². The standard InChI is InChI=1S/C8H10BrN3O/c1-2-8(13)12-4-6-3-11-7(9)5-10-6/h3,5H,2,4H2,1H3,(H,12,13). The number of aromatic nitrogens is 2. The fraction of sp³-hybridized carbons (Fsp3) is 0.375. The van der Waals surface area contributed by atoms with Gasteiger partial charge >= 0.3 is 0 Å². The van der Waals surface area contributed by atoms with Gasteiger partial charge in [0.05, 0.1) is 24.6 Å². The molecule has 0 unspecified atom stereocenters. The molecule has 1 aromatic heterocycles. The molecule has 1 N–H and O–H groups in total. The van der Waals surface area contributed by atoms with Gasteiger partial charge in [0.1, 0.15) is 4.60 Å². The van der Waals surface area contributed by atoms with Crippen LogP contribution in [0.25, 0.3) is 0 Å². The maximum Gasteiger partial charge on any atom is 0.220 e. The molecule has 5 heteroatoms. The number of hydrogen-bond donors (Lipinski definition) is 1. The summed E-state index contributed by atoms with van der Waals surface area (Å²) in [7, 11) is 0. The van der Waals surface area contributed by atoms with Gasteiger partial charge in [-0.1, -0.05) is 6.92 Å². The van der Waals surface area contributed by atoms with Gasteiger partial charge in [-0.3, -0.25) is 9.78 Å². The molecule has 0 aromatic carbocycles. The van der Waals surface area contributed by atoms with Crippen molar-refractivity contribution < 1.29 is 4.79 Å². The largest absolute Gasteiger partial charge is 0.350 e. The van der Waals surface area contributed by atoms with Crippen molar-refractivity contribution in [3.63, 3.8) is 0 Å². The average molecular weight is 244 g/mol. The van der Waals surface area contributed by atoms with Crippen LogP contribution in [0.5, 0.6) is 0 Å². The normalized spacial score (nSPS) is 9.69. The lowest BCUT2D eigenvalue weighted by atomic mass is 10.4.